The maximum Gasteiger partial charge on any atom is 0.129 e. The fraction of sp³-hybridized carbons (Fsp3) is 0.643. The second kappa shape index (κ2) is 5.30. The van der Waals surface area contributed by atoms with Crippen molar-refractivity contribution in [1.82, 2.24) is 4.98 Å². The molecule has 17 heavy (non-hydrogen) atoms. The molecule has 3 heteroatoms. The maximum absolute atomic E-state index is 4.55. The van der Waals surface area contributed by atoms with E-state index in [2.05, 4.69) is 22.6 Å². The predicted octanol–water partition coefficient (Wildman–Crippen LogP) is 3.86. The first-order chi connectivity index (χ1) is 8.42. The number of hydrogen-bond acceptors (Lipinski definition) is 3. The van der Waals surface area contributed by atoms with Gasteiger partial charge in [-0.05, 0) is 37.3 Å². The quantitative estimate of drug-likeness (QED) is 0.860. The van der Waals surface area contributed by atoms with Crippen LogP contribution in [0.4, 0.5) is 5.82 Å². The normalized spacial score (nSPS) is 20.7. The number of anilines is 1. The van der Waals surface area contributed by atoms with Gasteiger partial charge in [-0.1, -0.05) is 19.3 Å². The van der Waals surface area contributed by atoms with Crippen LogP contribution in [-0.2, 0) is 6.42 Å². The van der Waals surface area contributed by atoms with Crippen molar-refractivity contribution in [3.8, 4) is 0 Å². The van der Waals surface area contributed by atoms with E-state index in [1.165, 1.54) is 55.4 Å². The minimum atomic E-state index is 0.833. The molecule has 2 heterocycles. The van der Waals surface area contributed by atoms with E-state index in [-0.39, 0.29) is 0 Å². The summed E-state index contributed by atoms with van der Waals surface area (Å²) in [6.45, 7) is 1.08. The minimum Gasteiger partial charge on any atom is -0.370 e. The summed E-state index contributed by atoms with van der Waals surface area (Å²) in [4.78, 5) is 5.93. The lowest BCUT2D eigenvalue weighted by atomic mass is 10.0. The fourth-order valence-corrected chi connectivity index (χ4v) is 4.04. The van der Waals surface area contributed by atoms with Gasteiger partial charge < -0.3 is 5.32 Å². The largest absolute Gasteiger partial charge is 0.370 e. The highest BCUT2D eigenvalue weighted by atomic mass is 32.2. The predicted molar refractivity (Wildman–Crippen MR) is 73.8 cm³/mol. The molecule has 0 atom stereocenters. The first-order valence-electron chi connectivity index (χ1n) is 6.81. The Labute approximate surface area is 108 Å². The highest BCUT2D eigenvalue weighted by Crippen LogP contribution is 2.34. The van der Waals surface area contributed by atoms with E-state index >= 15 is 0 Å². The summed E-state index contributed by atoms with van der Waals surface area (Å²) >= 11 is 2.05. The van der Waals surface area contributed by atoms with Crippen LogP contribution in [0.2, 0.25) is 0 Å². The van der Waals surface area contributed by atoms with Gasteiger partial charge >= 0.3 is 0 Å². The van der Waals surface area contributed by atoms with E-state index in [1.54, 1.807) is 0 Å². The van der Waals surface area contributed by atoms with Gasteiger partial charge in [-0.15, -0.1) is 11.8 Å². The second-order valence-electron chi connectivity index (χ2n) is 5.09. The molecular weight excluding hydrogens is 228 g/mol. The molecule has 1 fully saturated rings. The molecule has 1 N–H and O–H groups in total. The van der Waals surface area contributed by atoms with Crippen molar-refractivity contribution in [3.63, 3.8) is 0 Å². The van der Waals surface area contributed by atoms with Crippen molar-refractivity contribution in [2.24, 2.45) is 0 Å². The average Bonchev–Trinajstić information content (AvgIpc) is 2.40. The van der Waals surface area contributed by atoms with Gasteiger partial charge in [-0.3, -0.25) is 0 Å². The number of pyridine rings is 1. The van der Waals surface area contributed by atoms with Gasteiger partial charge in [0.15, 0.2) is 0 Å². The molecule has 1 aromatic heterocycles. The van der Waals surface area contributed by atoms with Gasteiger partial charge in [0.25, 0.3) is 0 Å². The summed E-state index contributed by atoms with van der Waals surface area (Å²) in [5.74, 6) is 1.12. The lowest BCUT2D eigenvalue weighted by Crippen LogP contribution is -2.13. The molecule has 0 unspecified atom stereocenters. The summed E-state index contributed by atoms with van der Waals surface area (Å²) in [5, 5.41) is 4.21. The first-order valence-corrected chi connectivity index (χ1v) is 7.69. The average molecular weight is 248 g/mol. The molecular formula is C14H20N2S. The molecule has 0 radical (unpaired) electrons. The number of rotatable bonds is 2. The maximum atomic E-state index is 4.55. The molecule has 1 saturated carbocycles. The van der Waals surface area contributed by atoms with Crippen LogP contribution in [0.5, 0.6) is 0 Å². The zero-order valence-corrected chi connectivity index (χ0v) is 11.1. The lowest BCUT2D eigenvalue weighted by Gasteiger charge is -2.22. The number of thioether (sulfide) groups is 1. The van der Waals surface area contributed by atoms with Gasteiger partial charge in [-0.25, -0.2) is 4.98 Å². The molecule has 2 aliphatic rings. The molecule has 0 amide bonds. The molecule has 0 saturated heterocycles. The van der Waals surface area contributed by atoms with E-state index in [4.69, 9.17) is 0 Å². The van der Waals surface area contributed by atoms with Crippen molar-refractivity contribution < 1.29 is 0 Å². The summed E-state index contributed by atoms with van der Waals surface area (Å²) in [5.41, 5.74) is 1.41. The van der Waals surface area contributed by atoms with Gasteiger partial charge in [0.05, 0.1) is 0 Å². The van der Waals surface area contributed by atoms with Crippen LogP contribution in [0.25, 0.3) is 0 Å². The van der Waals surface area contributed by atoms with Crippen LogP contribution in [0.1, 0.15) is 44.1 Å². The lowest BCUT2D eigenvalue weighted by molar-refractivity contribution is 0.516. The molecule has 92 valence electrons. The van der Waals surface area contributed by atoms with Crippen molar-refractivity contribution in [2.75, 3.05) is 11.9 Å². The Morgan fingerprint density at radius 3 is 2.94 bits per heavy atom. The van der Waals surface area contributed by atoms with Crippen molar-refractivity contribution >= 4 is 17.6 Å². The van der Waals surface area contributed by atoms with Crippen LogP contribution >= 0.6 is 11.8 Å². The SMILES string of the molecule is c1nc2c(cc1SC1CCCCC1)CCCN2. The van der Waals surface area contributed by atoms with Gasteiger partial charge in [0, 0.05) is 22.9 Å². The van der Waals surface area contributed by atoms with Crippen LogP contribution in [0.3, 0.4) is 0 Å². The van der Waals surface area contributed by atoms with Crippen molar-refractivity contribution in [1.29, 1.82) is 0 Å². The Hall–Kier alpha value is -0.700. The van der Waals surface area contributed by atoms with Crippen LogP contribution in [0.15, 0.2) is 17.2 Å². The fourth-order valence-electron chi connectivity index (χ4n) is 2.76. The Morgan fingerprint density at radius 2 is 2.06 bits per heavy atom. The van der Waals surface area contributed by atoms with Crippen LogP contribution < -0.4 is 5.32 Å². The Balaban J connectivity index is 1.70. The molecule has 3 rings (SSSR count). The highest BCUT2D eigenvalue weighted by Gasteiger charge is 2.16. The van der Waals surface area contributed by atoms with Crippen molar-refractivity contribution in [2.45, 2.75) is 55.1 Å². The second-order valence-corrected chi connectivity index (χ2v) is 6.46. The standard InChI is InChI=1S/C14H20N2S/c1-2-6-12(7-3-1)17-13-9-11-5-4-8-15-14(11)16-10-13/h9-10,12H,1-8H2,(H,15,16). The van der Waals surface area contributed by atoms with E-state index in [1.807, 2.05) is 11.8 Å². The number of nitrogens with one attached hydrogen (secondary N) is 1. The summed E-state index contributed by atoms with van der Waals surface area (Å²) < 4.78 is 0. The van der Waals surface area contributed by atoms with E-state index in [9.17, 15) is 0 Å². The van der Waals surface area contributed by atoms with Crippen LogP contribution in [-0.4, -0.2) is 16.8 Å². The van der Waals surface area contributed by atoms with Gasteiger partial charge in [0.2, 0.25) is 0 Å². The first kappa shape index (κ1) is 11.4. The summed E-state index contributed by atoms with van der Waals surface area (Å²) in [6, 6.07) is 2.35. The van der Waals surface area contributed by atoms with Gasteiger partial charge in [-0.2, -0.15) is 0 Å². The number of fused-ring (bicyclic) bond motifs is 1. The molecule has 0 aromatic carbocycles. The smallest absolute Gasteiger partial charge is 0.129 e. The number of aryl methyl sites for hydroxylation is 1. The topological polar surface area (TPSA) is 24.9 Å². The monoisotopic (exact) mass is 248 g/mol. The summed E-state index contributed by atoms with van der Waals surface area (Å²) in [6.07, 6.45) is 11.5. The number of nitrogens with zero attached hydrogens (tertiary/aromatic N) is 1. The Kier molecular flexibility index (Phi) is 3.55. The highest BCUT2D eigenvalue weighted by molar-refractivity contribution is 8.00. The minimum absolute atomic E-state index is 0.833. The number of aromatic nitrogens is 1. The number of hydrogen-bond donors (Lipinski definition) is 1. The van der Waals surface area contributed by atoms with Crippen molar-refractivity contribution in [3.05, 3.63) is 17.8 Å². The molecule has 1 aliphatic carbocycles. The zero-order valence-electron chi connectivity index (χ0n) is 10.2. The Morgan fingerprint density at radius 1 is 1.18 bits per heavy atom. The molecule has 0 bridgehead atoms. The summed E-state index contributed by atoms with van der Waals surface area (Å²) in [7, 11) is 0. The van der Waals surface area contributed by atoms with Gasteiger partial charge in [0.1, 0.15) is 5.82 Å². The Bertz CT molecular complexity index is 386. The molecule has 1 aromatic rings. The molecule has 2 nitrogen and oxygen atoms in total. The van der Waals surface area contributed by atoms with E-state index < -0.39 is 0 Å². The third kappa shape index (κ3) is 2.76. The third-order valence-electron chi connectivity index (χ3n) is 3.71. The molecule has 1 aliphatic heterocycles. The third-order valence-corrected chi connectivity index (χ3v) is 5.01. The van der Waals surface area contributed by atoms with E-state index in [0.29, 0.717) is 0 Å². The molecule has 0 spiro atoms. The van der Waals surface area contributed by atoms with Crippen LogP contribution in [0, 0.1) is 0 Å². The van der Waals surface area contributed by atoms with E-state index in [0.717, 1.165) is 17.6 Å². The zero-order chi connectivity index (χ0) is 11.5.